The number of carbonyl (C=O) groups excluding carboxylic acids is 2. The first-order chi connectivity index (χ1) is 9.50. The minimum absolute atomic E-state index is 0.0304. The van der Waals surface area contributed by atoms with Crippen molar-refractivity contribution in [3.63, 3.8) is 0 Å². The summed E-state index contributed by atoms with van der Waals surface area (Å²) in [6, 6.07) is 7.08. The van der Waals surface area contributed by atoms with E-state index in [4.69, 9.17) is 0 Å². The molecule has 5 nitrogen and oxygen atoms in total. The molecule has 0 aliphatic carbocycles. The first-order valence-corrected chi connectivity index (χ1v) is 6.84. The van der Waals surface area contributed by atoms with Gasteiger partial charge >= 0.3 is 0 Å². The molecule has 20 heavy (non-hydrogen) atoms. The van der Waals surface area contributed by atoms with Crippen molar-refractivity contribution in [3.05, 3.63) is 35.4 Å². The number of nitrogens with zero attached hydrogens (tertiary/aromatic N) is 2. The summed E-state index contributed by atoms with van der Waals surface area (Å²) in [5, 5.41) is 3.26. The molecular formula is C15H21N3O2. The maximum Gasteiger partial charge on any atom is 0.254 e. The molecule has 1 aromatic rings. The van der Waals surface area contributed by atoms with Gasteiger partial charge in [-0.3, -0.25) is 9.59 Å². The lowest BCUT2D eigenvalue weighted by molar-refractivity contribution is 0.0655. The standard InChI is InChI=1S/C15H21N3O2/c1-11-10-16-8-9-18(11)15(20)13-6-4-12(5-7-13)14(19)17(2)3/h4-7,11,16H,8-10H2,1-3H3/t11-/m1/s1. The lowest BCUT2D eigenvalue weighted by atomic mass is 10.1. The normalized spacial score (nSPS) is 18.8. The predicted octanol–water partition coefficient (Wildman–Crippen LogP) is 0.822. The van der Waals surface area contributed by atoms with Gasteiger partial charge in [0.25, 0.3) is 11.8 Å². The van der Waals surface area contributed by atoms with Crippen molar-refractivity contribution in [1.82, 2.24) is 15.1 Å². The fourth-order valence-electron chi connectivity index (χ4n) is 2.32. The molecule has 1 aromatic carbocycles. The van der Waals surface area contributed by atoms with Gasteiger partial charge < -0.3 is 15.1 Å². The first-order valence-electron chi connectivity index (χ1n) is 6.84. The van der Waals surface area contributed by atoms with E-state index in [-0.39, 0.29) is 17.9 Å². The monoisotopic (exact) mass is 275 g/mol. The Morgan fingerprint density at radius 2 is 1.80 bits per heavy atom. The quantitative estimate of drug-likeness (QED) is 0.869. The molecule has 1 saturated heterocycles. The molecule has 2 rings (SSSR count). The molecule has 1 aliphatic rings. The molecule has 2 amide bonds. The Kier molecular flexibility index (Phi) is 4.39. The Hall–Kier alpha value is -1.88. The van der Waals surface area contributed by atoms with E-state index >= 15 is 0 Å². The summed E-state index contributed by atoms with van der Waals surface area (Å²) in [5.74, 6) is -0.0256. The van der Waals surface area contributed by atoms with Gasteiger partial charge in [0.1, 0.15) is 0 Å². The van der Waals surface area contributed by atoms with Gasteiger partial charge in [0.15, 0.2) is 0 Å². The van der Waals surface area contributed by atoms with Crippen LogP contribution < -0.4 is 5.32 Å². The Morgan fingerprint density at radius 3 is 2.35 bits per heavy atom. The molecule has 0 spiro atoms. The highest BCUT2D eigenvalue weighted by Gasteiger charge is 2.24. The first kappa shape index (κ1) is 14.5. The Bertz CT molecular complexity index is 496. The zero-order valence-electron chi connectivity index (χ0n) is 12.2. The number of amides is 2. The largest absolute Gasteiger partial charge is 0.345 e. The maximum atomic E-state index is 12.4. The van der Waals surface area contributed by atoms with Gasteiger partial charge in [-0.25, -0.2) is 0 Å². The summed E-state index contributed by atoms with van der Waals surface area (Å²) in [6.45, 7) is 4.41. The molecule has 0 saturated carbocycles. The van der Waals surface area contributed by atoms with E-state index in [9.17, 15) is 9.59 Å². The van der Waals surface area contributed by atoms with E-state index < -0.39 is 0 Å². The van der Waals surface area contributed by atoms with Crippen molar-refractivity contribution >= 4 is 11.8 Å². The number of benzene rings is 1. The smallest absolute Gasteiger partial charge is 0.254 e. The van der Waals surface area contributed by atoms with Gasteiger partial charge in [0, 0.05) is 50.9 Å². The molecule has 108 valence electrons. The Labute approximate surface area is 119 Å². The summed E-state index contributed by atoms with van der Waals surface area (Å²) in [6.07, 6.45) is 0. The number of piperazine rings is 1. The SMILES string of the molecule is C[C@@H]1CNCCN1C(=O)c1ccc(C(=O)N(C)C)cc1. The van der Waals surface area contributed by atoms with E-state index in [1.165, 1.54) is 4.90 Å². The van der Waals surface area contributed by atoms with Crippen molar-refractivity contribution in [2.45, 2.75) is 13.0 Å². The fraction of sp³-hybridized carbons (Fsp3) is 0.467. The van der Waals surface area contributed by atoms with E-state index in [0.29, 0.717) is 11.1 Å². The molecule has 1 atom stereocenters. The van der Waals surface area contributed by atoms with Gasteiger partial charge in [-0.05, 0) is 31.2 Å². The summed E-state index contributed by atoms with van der Waals surface area (Å²) in [7, 11) is 3.42. The predicted molar refractivity (Wildman–Crippen MR) is 77.8 cm³/mol. The summed E-state index contributed by atoms with van der Waals surface area (Å²) >= 11 is 0. The van der Waals surface area contributed by atoms with Gasteiger partial charge in [-0.1, -0.05) is 0 Å². The average Bonchev–Trinajstić information content (AvgIpc) is 2.46. The van der Waals surface area contributed by atoms with Crippen LogP contribution in [0.1, 0.15) is 27.6 Å². The van der Waals surface area contributed by atoms with Gasteiger partial charge in [-0.15, -0.1) is 0 Å². The van der Waals surface area contributed by atoms with Crippen molar-refractivity contribution < 1.29 is 9.59 Å². The van der Waals surface area contributed by atoms with Crippen LogP contribution in [0.15, 0.2) is 24.3 Å². The molecule has 5 heteroatoms. The molecule has 1 fully saturated rings. The van der Waals surface area contributed by atoms with Gasteiger partial charge in [-0.2, -0.15) is 0 Å². The number of nitrogens with one attached hydrogen (secondary N) is 1. The average molecular weight is 275 g/mol. The summed E-state index contributed by atoms with van der Waals surface area (Å²) in [4.78, 5) is 27.6. The molecule has 1 heterocycles. The number of hydrogen-bond donors (Lipinski definition) is 1. The minimum atomic E-state index is -0.0560. The third-order valence-electron chi connectivity index (χ3n) is 3.55. The molecule has 0 unspecified atom stereocenters. The topological polar surface area (TPSA) is 52.7 Å². The zero-order chi connectivity index (χ0) is 14.7. The number of rotatable bonds is 2. The van der Waals surface area contributed by atoms with E-state index in [1.54, 1.807) is 38.4 Å². The fourth-order valence-corrected chi connectivity index (χ4v) is 2.32. The van der Waals surface area contributed by atoms with Crippen molar-refractivity contribution in [1.29, 1.82) is 0 Å². The maximum absolute atomic E-state index is 12.4. The van der Waals surface area contributed by atoms with Crippen LogP contribution in [0.3, 0.4) is 0 Å². The Balaban J connectivity index is 2.13. The van der Waals surface area contributed by atoms with Gasteiger partial charge in [0.05, 0.1) is 0 Å². The molecule has 0 bridgehead atoms. The number of carbonyl (C=O) groups is 2. The highest BCUT2D eigenvalue weighted by Crippen LogP contribution is 2.12. The van der Waals surface area contributed by atoms with Crippen molar-refractivity contribution in [3.8, 4) is 0 Å². The molecule has 1 aliphatic heterocycles. The lowest BCUT2D eigenvalue weighted by Gasteiger charge is -2.34. The van der Waals surface area contributed by atoms with Crippen LogP contribution in [0.25, 0.3) is 0 Å². The van der Waals surface area contributed by atoms with Crippen LogP contribution >= 0.6 is 0 Å². The molecule has 0 aromatic heterocycles. The third kappa shape index (κ3) is 2.99. The highest BCUT2D eigenvalue weighted by atomic mass is 16.2. The molecule has 0 radical (unpaired) electrons. The van der Waals surface area contributed by atoms with Crippen LogP contribution in [0.5, 0.6) is 0 Å². The van der Waals surface area contributed by atoms with Crippen LogP contribution in [0, 0.1) is 0 Å². The van der Waals surface area contributed by atoms with E-state index in [1.807, 2.05) is 11.8 Å². The lowest BCUT2D eigenvalue weighted by Crippen LogP contribution is -2.52. The van der Waals surface area contributed by atoms with Crippen LogP contribution in [-0.4, -0.2) is 61.4 Å². The van der Waals surface area contributed by atoms with Crippen LogP contribution in [0.2, 0.25) is 0 Å². The van der Waals surface area contributed by atoms with E-state index in [0.717, 1.165) is 19.6 Å². The second-order valence-corrected chi connectivity index (χ2v) is 5.33. The summed E-state index contributed by atoms with van der Waals surface area (Å²) < 4.78 is 0. The van der Waals surface area contributed by atoms with Gasteiger partial charge in [0.2, 0.25) is 0 Å². The molecular weight excluding hydrogens is 254 g/mol. The van der Waals surface area contributed by atoms with Crippen LogP contribution in [0.4, 0.5) is 0 Å². The third-order valence-corrected chi connectivity index (χ3v) is 3.55. The molecule has 1 N–H and O–H groups in total. The second kappa shape index (κ2) is 6.05. The van der Waals surface area contributed by atoms with Crippen LogP contribution in [-0.2, 0) is 0 Å². The van der Waals surface area contributed by atoms with Crippen molar-refractivity contribution in [2.24, 2.45) is 0 Å². The number of hydrogen-bond acceptors (Lipinski definition) is 3. The Morgan fingerprint density at radius 1 is 1.20 bits per heavy atom. The zero-order valence-corrected chi connectivity index (χ0v) is 12.2. The second-order valence-electron chi connectivity index (χ2n) is 5.33. The van der Waals surface area contributed by atoms with Crippen molar-refractivity contribution in [2.75, 3.05) is 33.7 Å². The van der Waals surface area contributed by atoms with E-state index in [2.05, 4.69) is 5.32 Å². The summed E-state index contributed by atoms with van der Waals surface area (Å²) in [5.41, 5.74) is 1.23. The highest BCUT2D eigenvalue weighted by molar-refractivity contribution is 5.97. The minimum Gasteiger partial charge on any atom is -0.345 e.